The Morgan fingerprint density at radius 2 is 2.19 bits per heavy atom. The van der Waals surface area contributed by atoms with Crippen molar-refractivity contribution >= 4 is 17.7 Å². The lowest BCUT2D eigenvalue weighted by atomic mass is 10.1. The van der Waals surface area contributed by atoms with Crippen molar-refractivity contribution in [2.24, 2.45) is 4.99 Å². The molecule has 0 spiro atoms. The molecule has 1 aromatic carbocycles. The second kappa shape index (κ2) is 5.70. The van der Waals surface area contributed by atoms with E-state index in [1.165, 1.54) is 19.3 Å². The van der Waals surface area contributed by atoms with Gasteiger partial charge in [-0.25, -0.2) is 18.6 Å². The standard InChI is InChI=1S/C10H8ClF2NO2/c1-16-4-7-8(11)2-6(3-14-5-15)9(12)10(7)13/h2H,3-4H2,1H3. The maximum absolute atomic E-state index is 13.5. The number of carbonyl (C=O) groups excluding carboxylic acids is 1. The van der Waals surface area contributed by atoms with E-state index < -0.39 is 11.6 Å². The van der Waals surface area contributed by atoms with Gasteiger partial charge in [0.25, 0.3) is 0 Å². The summed E-state index contributed by atoms with van der Waals surface area (Å²) in [5, 5.41) is 0.0387. The molecular weight excluding hydrogens is 240 g/mol. The summed E-state index contributed by atoms with van der Waals surface area (Å²) in [6.07, 6.45) is 1.24. The quantitative estimate of drug-likeness (QED) is 0.466. The van der Waals surface area contributed by atoms with Crippen LogP contribution in [0.25, 0.3) is 0 Å². The van der Waals surface area contributed by atoms with Crippen LogP contribution >= 0.6 is 11.6 Å². The molecular formula is C10H8ClF2NO2. The van der Waals surface area contributed by atoms with E-state index >= 15 is 0 Å². The van der Waals surface area contributed by atoms with E-state index in [1.807, 2.05) is 0 Å². The smallest absolute Gasteiger partial charge is 0.235 e. The molecule has 0 aromatic heterocycles. The third-order valence-corrected chi connectivity index (χ3v) is 2.27. The lowest BCUT2D eigenvalue weighted by molar-refractivity contribution is 0.180. The zero-order valence-electron chi connectivity index (χ0n) is 8.39. The maximum Gasteiger partial charge on any atom is 0.235 e. The monoisotopic (exact) mass is 247 g/mol. The molecule has 0 radical (unpaired) electrons. The topological polar surface area (TPSA) is 38.7 Å². The van der Waals surface area contributed by atoms with E-state index in [9.17, 15) is 13.6 Å². The second-order valence-corrected chi connectivity index (χ2v) is 3.37. The number of aliphatic imine (C=N–C) groups is 1. The normalized spacial score (nSPS) is 10.0. The number of ether oxygens (including phenoxy) is 1. The number of hydrogen-bond donors (Lipinski definition) is 0. The van der Waals surface area contributed by atoms with Crippen LogP contribution in [0.15, 0.2) is 11.1 Å². The number of rotatable bonds is 4. The van der Waals surface area contributed by atoms with Gasteiger partial charge in [0.05, 0.1) is 13.2 Å². The molecule has 0 saturated heterocycles. The van der Waals surface area contributed by atoms with Crippen LogP contribution in [0.1, 0.15) is 11.1 Å². The van der Waals surface area contributed by atoms with E-state index in [0.29, 0.717) is 0 Å². The molecule has 0 aliphatic rings. The number of benzene rings is 1. The average molecular weight is 248 g/mol. The molecule has 1 aromatic rings. The summed E-state index contributed by atoms with van der Waals surface area (Å²) >= 11 is 5.74. The second-order valence-electron chi connectivity index (χ2n) is 2.96. The van der Waals surface area contributed by atoms with Crippen LogP contribution in [0.5, 0.6) is 0 Å². The highest BCUT2D eigenvalue weighted by molar-refractivity contribution is 6.31. The summed E-state index contributed by atoms with van der Waals surface area (Å²) in [6.45, 7) is -0.419. The lowest BCUT2D eigenvalue weighted by Crippen LogP contribution is -2.02. The van der Waals surface area contributed by atoms with E-state index in [4.69, 9.17) is 11.6 Å². The van der Waals surface area contributed by atoms with Crippen LogP contribution in [0.2, 0.25) is 5.02 Å². The van der Waals surface area contributed by atoms with Gasteiger partial charge in [0.2, 0.25) is 6.08 Å². The summed E-state index contributed by atoms with van der Waals surface area (Å²) in [5.41, 5.74) is -0.147. The predicted octanol–water partition coefficient (Wildman–Crippen LogP) is 2.60. The molecule has 0 heterocycles. The van der Waals surface area contributed by atoms with Crippen LogP contribution in [0.3, 0.4) is 0 Å². The van der Waals surface area contributed by atoms with Crippen molar-refractivity contribution in [1.82, 2.24) is 0 Å². The molecule has 0 bridgehead atoms. The van der Waals surface area contributed by atoms with Crippen LogP contribution in [-0.2, 0) is 22.7 Å². The fraction of sp³-hybridized carbons (Fsp3) is 0.300. The van der Waals surface area contributed by atoms with E-state index in [1.54, 1.807) is 0 Å². The third kappa shape index (κ3) is 2.64. The largest absolute Gasteiger partial charge is 0.380 e. The van der Waals surface area contributed by atoms with Crippen LogP contribution in [-0.4, -0.2) is 13.2 Å². The Hall–Kier alpha value is -1.29. The first-order valence-corrected chi connectivity index (χ1v) is 4.67. The molecule has 0 unspecified atom stereocenters. The number of nitrogens with zero attached hydrogens (tertiary/aromatic N) is 1. The highest BCUT2D eigenvalue weighted by Crippen LogP contribution is 2.26. The van der Waals surface area contributed by atoms with Crippen molar-refractivity contribution < 1.29 is 18.3 Å². The molecule has 0 aliphatic carbocycles. The van der Waals surface area contributed by atoms with Gasteiger partial charge in [-0.05, 0) is 6.07 Å². The third-order valence-electron chi connectivity index (χ3n) is 1.93. The zero-order chi connectivity index (χ0) is 12.1. The minimum atomic E-state index is -1.08. The Balaban J connectivity index is 3.21. The van der Waals surface area contributed by atoms with Crippen molar-refractivity contribution in [2.45, 2.75) is 13.2 Å². The minimum Gasteiger partial charge on any atom is -0.380 e. The van der Waals surface area contributed by atoms with Gasteiger partial charge in [-0.15, -0.1) is 0 Å². The van der Waals surface area contributed by atoms with Crippen LogP contribution in [0.4, 0.5) is 8.78 Å². The van der Waals surface area contributed by atoms with Gasteiger partial charge in [-0.3, -0.25) is 0 Å². The maximum atomic E-state index is 13.5. The SMILES string of the molecule is COCc1c(Cl)cc(CN=C=O)c(F)c1F. The number of methoxy groups -OCH3 is 1. The number of isocyanates is 1. The first-order valence-electron chi connectivity index (χ1n) is 4.29. The Labute approximate surface area is 95.7 Å². The summed E-state index contributed by atoms with van der Waals surface area (Å²) in [7, 11) is 1.35. The van der Waals surface area contributed by atoms with Crippen molar-refractivity contribution in [1.29, 1.82) is 0 Å². The molecule has 0 N–H and O–H groups in total. The van der Waals surface area contributed by atoms with Crippen molar-refractivity contribution in [2.75, 3.05) is 7.11 Å². The minimum absolute atomic E-state index is 0.0387. The first kappa shape index (κ1) is 12.8. The molecule has 0 atom stereocenters. The molecule has 86 valence electrons. The molecule has 3 nitrogen and oxygen atoms in total. The molecule has 16 heavy (non-hydrogen) atoms. The fourth-order valence-corrected chi connectivity index (χ4v) is 1.46. The van der Waals surface area contributed by atoms with Crippen molar-refractivity contribution in [3.63, 3.8) is 0 Å². The number of hydrogen-bond acceptors (Lipinski definition) is 3. The lowest BCUT2D eigenvalue weighted by Gasteiger charge is -2.08. The number of halogens is 3. The molecule has 0 saturated carbocycles. The molecule has 0 fully saturated rings. The van der Waals surface area contributed by atoms with Gasteiger partial charge in [0.15, 0.2) is 11.6 Å². The molecule has 0 amide bonds. The molecule has 1 rings (SSSR count). The van der Waals surface area contributed by atoms with E-state index in [-0.39, 0.29) is 29.3 Å². The Morgan fingerprint density at radius 1 is 1.50 bits per heavy atom. The summed E-state index contributed by atoms with van der Waals surface area (Å²) in [5.74, 6) is -2.15. The Kier molecular flexibility index (Phi) is 4.55. The Bertz CT molecular complexity index is 445. The summed E-state index contributed by atoms with van der Waals surface area (Å²) < 4.78 is 31.6. The van der Waals surface area contributed by atoms with E-state index in [0.717, 1.165) is 0 Å². The van der Waals surface area contributed by atoms with E-state index in [2.05, 4.69) is 9.73 Å². The highest BCUT2D eigenvalue weighted by atomic mass is 35.5. The fourth-order valence-electron chi connectivity index (χ4n) is 1.19. The van der Waals surface area contributed by atoms with Crippen molar-refractivity contribution in [3.05, 3.63) is 33.9 Å². The predicted molar refractivity (Wildman–Crippen MR) is 53.9 cm³/mol. The van der Waals surface area contributed by atoms with Gasteiger partial charge in [0, 0.05) is 23.3 Å². The molecule has 6 heteroatoms. The average Bonchev–Trinajstić information content (AvgIpc) is 2.27. The summed E-state index contributed by atoms with van der Waals surface area (Å²) in [4.78, 5) is 13.0. The van der Waals surface area contributed by atoms with Gasteiger partial charge >= 0.3 is 0 Å². The van der Waals surface area contributed by atoms with Crippen LogP contribution in [0, 0.1) is 11.6 Å². The zero-order valence-corrected chi connectivity index (χ0v) is 9.15. The Morgan fingerprint density at radius 3 is 2.75 bits per heavy atom. The first-order chi connectivity index (χ1) is 7.61. The highest BCUT2D eigenvalue weighted by Gasteiger charge is 2.17. The van der Waals surface area contributed by atoms with Gasteiger partial charge in [0.1, 0.15) is 0 Å². The van der Waals surface area contributed by atoms with Crippen molar-refractivity contribution in [3.8, 4) is 0 Å². The van der Waals surface area contributed by atoms with Gasteiger partial charge in [-0.2, -0.15) is 0 Å². The molecule has 0 aliphatic heterocycles. The summed E-state index contributed by atoms with van der Waals surface area (Å²) in [6, 6.07) is 1.22. The van der Waals surface area contributed by atoms with Gasteiger partial charge < -0.3 is 4.74 Å². The van der Waals surface area contributed by atoms with Crippen LogP contribution < -0.4 is 0 Å². The van der Waals surface area contributed by atoms with Gasteiger partial charge in [-0.1, -0.05) is 11.6 Å².